The molecule has 150 valence electrons. The van der Waals surface area contributed by atoms with Crippen LogP contribution in [0.2, 0.25) is 0 Å². The first kappa shape index (κ1) is 20.2. The van der Waals surface area contributed by atoms with Crippen molar-refractivity contribution in [2.24, 2.45) is 23.5 Å². The molecule has 1 aliphatic heterocycles. The zero-order valence-corrected chi connectivity index (χ0v) is 16.5. The Kier molecular flexibility index (Phi) is 6.48. The van der Waals surface area contributed by atoms with E-state index in [2.05, 4.69) is 5.32 Å². The molecule has 0 radical (unpaired) electrons. The highest BCUT2D eigenvalue weighted by Crippen LogP contribution is 2.40. The molecule has 1 aromatic rings. The first-order valence-electron chi connectivity index (χ1n) is 9.99. The van der Waals surface area contributed by atoms with Crippen LogP contribution in [-0.4, -0.2) is 41.9 Å². The average Bonchev–Trinajstić information content (AvgIpc) is 3.16. The molecular formula is C20H30ClN3O3. The average molecular weight is 396 g/mol. The number of nitrogens with two attached hydrogens (primary N) is 1. The van der Waals surface area contributed by atoms with Gasteiger partial charge in [0.25, 0.3) is 5.91 Å². The second-order valence-electron chi connectivity index (χ2n) is 8.30. The summed E-state index contributed by atoms with van der Waals surface area (Å²) in [6.45, 7) is 1.26. The third-order valence-electron chi connectivity index (χ3n) is 6.61. The molecule has 4 rings (SSSR count). The van der Waals surface area contributed by atoms with Gasteiger partial charge in [0, 0.05) is 31.1 Å². The maximum absolute atomic E-state index is 12.8. The van der Waals surface area contributed by atoms with E-state index in [1.165, 1.54) is 31.8 Å². The number of likely N-dealkylation sites (tertiary alicyclic amines) is 1. The number of rotatable bonds is 3. The first-order valence-corrected chi connectivity index (χ1v) is 9.99. The van der Waals surface area contributed by atoms with Crippen molar-refractivity contribution < 1.29 is 14.0 Å². The highest BCUT2D eigenvalue weighted by atomic mass is 35.5. The zero-order valence-electron chi connectivity index (χ0n) is 15.6. The van der Waals surface area contributed by atoms with Crippen LogP contribution in [0.4, 0.5) is 0 Å². The summed E-state index contributed by atoms with van der Waals surface area (Å²) in [5.41, 5.74) is 6.77. The molecule has 2 bridgehead atoms. The van der Waals surface area contributed by atoms with Crippen LogP contribution in [-0.2, 0) is 4.79 Å². The van der Waals surface area contributed by atoms with E-state index in [0.29, 0.717) is 42.6 Å². The summed E-state index contributed by atoms with van der Waals surface area (Å²) >= 11 is 0. The van der Waals surface area contributed by atoms with Gasteiger partial charge in [-0.15, -0.1) is 12.4 Å². The first-order chi connectivity index (χ1) is 12.6. The van der Waals surface area contributed by atoms with Crippen LogP contribution in [0.25, 0.3) is 0 Å². The van der Waals surface area contributed by atoms with Gasteiger partial charge in [0.05, 0.1) is 11.8 Å². The molecule has 1 saturated heterocycles. The topological polar surface area (TPSA) is 88.6 Å². The SMILES string of the molecule is Cl.NC1CC2CCCC(C1)C2NC(=O)C1CCN(C(=O)c2ccoc2)CC1. The van der Waals surface area contributed by atoms with Gasteiger partial charge in [0.2, 0.25) is 5.91 Å². The van der Waals surface area contributed by atoms with Crippen molar-refractivity contribution in [3.05, 3.63) is 24.2 Å². The fourth-order valence-electron chi connectivity index (χ4n) is 5.22. The van der Waals surface area contributed by atoms with Crippen molar-refractivity contribution in [3.8, 4) is 0 Å². The maximum atomic E-state index is 12.8. The van der Waals surface area contributed by atoms with Crippen LogP contribution in [0.3, 0.4) is 0 Å². The Morgan fingerprint density at radius 1 is 1.11 bits per heavy atom. The van der Waals surface area contributed by atoms with E-state index in [1.54, 1.807) is 6.07 Å². The monoisotopic (exact) mass is 395 g/mol. The number of amides is 2. The van der Waals surface area contributed by atoms with Gasteiger partial charge in [0.15, 0.2) is 0 Å². The van der Waals surface area contributed by atoms with Crippen molar-refractivity contribution in [2.75, 3.05) is 13.1 Å². The van der Waals surface area contributed by atoms with Crippen molar-refractivity contribution in [3.63, 3.8) is 0 Å². The van der Waals surface area contributed by atoms with Crippen molar-refractivity contribution in [1.29, 1.82) is 0 Å². The molecule has 2 amide bonds. The quantitative estimate of drug-likeness (QED) is 0.823. The van der Waals surface area contributed by atoms with Gasteiger partial charge in [-0.1, -0.05) is 6.42 Å². The number of piperidine rings is 1. The van der Waals surface area contributed by atoms with E-state index >= 15 is 0 Å². The fourth-order valence-corrected chi connectivity index (χ4v) is 5.22. The predicted octanol–water partition coefficient (Wildman–Crippen LogP) is 2.58. The summed E-state index contributed by atoms with van der Waals surface area (Å²) in [5, 5.41) is 3.37. The molecule has 2 atom stereocenters. The van der Waals surface area contributed by atoms with Gasteiger partial charge in [-0.05, 0) is 56.4 Å². The molecule has 0 spiro atoms. The van der Waals surface area contributed by atoms with Crippen LogP contribution in [0.1, 0.15) is 55.3 Å². The minimum Gasteiger partial charge on any atom is -0.472 e. The number of fused-ring (bicyclic) bond motifs is 2. The molecule has 2 heterocycles. The molecule has 7 heteroatoms. The molecule has 2 saturated carbocycles. The molecule has 3 N–H and O–H groups in total. The Labute approximate surface area is 166 Å². The lowest BCUT2D eigenvalue weighted by Crippen LogP contribution is -2.55. The normalized spacial score (nSPS) is 31.1. The van der Waals surface area contributed by atoms with Gasteiger partial charge in [-0.25, -0.2) is 0 Å². The largest absolute Gasteiger partial charge is 0.472 e. The van der Waals surface area contributed by atoms with E-state index in [1.807, 2.05) is 4.90 Å². The number of hydrogen-bond donors (Lipinski definition) is 2. The van der Waals surface area contributed by atoms with Crippen LogP contribution in [0.15, 0.2) is 23.0 Å². The standard InChI is InChI=1S/C20H29N3O3.ClH/c21-17-10-14-2-1-3-15(11-17)18(14)22-19(24)13-4-7-23(8-5-13)20(25)16-6-9-26-12-16;/h6,9,12-15,17-18H,1-5,7-8,10-11,21H2,(H,22,24);1H. The summed E-state index contributed by atoms with van der Waals surface area (Å²) in [6, 6.07) is 2.30. The second kappa shape index (κ2) is 8.65. The van der Waals surface area contributed by atoms with E-state index in [4.69, 9.17) is 10.2 Å². The molecule has 6 nitrogen and oxygen atoms in total. The number of nitrogens with zero attached hydrogens (tertiary/aromatic N) is 1. The van der Waals surface area contributed by atoms with Crippen molar-refractivity contribution in [2.45, 2.75) is 57.0 Å². The Bertz CT molecular complexity index is 629. The summed E-state index contributed by atoms with van der Waals surface area (Å²) in [5.74, 6) is 1.28. The number of carbonyl (C=O) groups excluding carboxylic acids is 2. The Balaban J connectivity index is 0.00000210. The van der Waals surface area contributed by atoms with E-state index in [0.717, 1.165) is 25.7 Å². The minimum absolute atomic E-state index is 0. The molecule has 27 heavy (non-hydrogen) atoms. The third kappa shape index (κ3) is 4.32. The summed E-state index contributed by atoms with van der Waals surface area (Å²) in [4.78, 5) is 27.0. The Hall–Kier alpha value is -1.53. The molecule has 1 aromatic heterocycles. The summed E-state index contributed by atoms with van der Waals surface area (Å²) in [7, 11) is 0. The number of hydrogen-bond acceptors (Lipinski definition) is 4. The van der Waals surface area contributed by atoms with Gasteiger partial charge in [0.1, 0.15) is 6.26 Å². The number of carbonyl (C=O) groups is 2. The van der Waals surface area contributed by atoms with Crippen LogP contribution >= 0.6 is 12.4 Å². The van der Waals surface area contributed by atoms with Crippen molar-refractivity contribution in [1.82, 2.24) is 10.2 Å². The summed E-state index contributed by atoms with van der Waals surface area (Å²) in [6.07, 6.45) is 10.2. The molecule has 0 aromatic carbocycles. The van der Waals surface area contributed by atoms with Crippen molar-refractivity contribution >= 4 is 24.2 Å². The Morgan fingerprint density at radius 3 is 2.37 bits per heavy atom. The minimum atomic E-state index is -0.00610. The molecular weight excluding hydrogens is 366 g/mol. The number of furan rings is 1. The second-order valence-corrected chi connectivity index (χ2v) is 8.30. The predicted molar refractivity (Wildman–Crippen MR) is 105 cm³/mol. The van der Waals surface area contributed by atoms with Gasteiger partial charge >= 0.3 is 0 Å². The van der Waals surface area contributed by atoms with E-state index < -0.39 is 0 Å². The van der Waals surface area contributed by atoms with Crippen LogP contribution in [0.5, 0.6) is 0 Å². The lowest BCUT2D eigenvalue weighted by molar-refractivity contribution is -0.128. The Morgan fingerprint density at radius 2 is 1.78 bits per heavy atom. The lowest BCUT2D eigenvalue weighted by atomic mass is 9.67. The number of nitrogens with one attached hydrogen (secondary N) is 1. The molecule has 2 unspecified atom stereocenters. The van der Waals surface area contributed by atoms with E-state index in [9.17, 15) is 9.59 Å². The van der Waals surface area contributed by atoms with Gasteiger partial charge in [-0.2, -0.15) is 0 Å². The number of halogens is 1. The third-order valence-corrected chi connectivity index (χ3v) is 6.61. The summed E-state index contributed by atoms with van der Waals surface area (Å²) < 4.78 is 4.99. The molecule has 3 aliphatic rings. The highest BCUT2D eigenvalue weighted by molar-refractivity contribution is 5.94. The van der Waals surface area contributed by atoms with Crippen LogP contribution in [0, 0.1) is 17.8 Å². The van der Waals surface area contributed by atoms with Gasteiger partial charge in [-0.3, -0.25) is 9.59 Å². The molecule has 3 fully saturated rings. The molecule has 2 aliphatic carbocycles. The highest BCUT2D eigenvalue weighted by Gasteiger charge is 2.41. The van der Waals surface area contributed by atoms with E-state index in [-0.39, 0.29) is 30.1 Å². The zero-order chi connectivity index (χ0) is 18.1. The smallest absolute Gasteiger partial charge is 0.257 e. The van der Waals surface area contributed by atoms with Gasteiger partial charge < -0.3 is 20.4 Å². The fraction of sp³-hybridized carbons (Fsp3) is 0.700. The van der Waals surface area contributed by atoms with Crippen LogP contribution < -0.4 is 11.1 Å². The lowest BCUT2D eigenvalue weighted by Gasteiger charge is -2.45. The maximum Gasteiger partial charge on any atom is 0.257 e.